The quantitative estimate of drug-likeness (QED) is 0.767. The van der Waals surface area contributed by atoms with Crippen molar-refractivity contribution in [3.05, 3.63) is 41.4 Å². The summed E-state index contributed by atoms with van der Waals surface area (Å²) in [5.41, 5.74) is 1.17. The van der Waals surface area contributed by atoms with E-state index >= 15 is 0 Å². The third kappa shape index (κ3) is 5.46. The van der Waals surface area contributed by atoms with E-state index in [4.69, 9.17) is 4.74 Å². The molecule has 26 heavy (non-hydrogen) atoms. The van der Waals surface area contributed by atoms with Crippen LogP contribution in [0.25, 0.3) is 0 Å². The Morgan fingerprint density at radius 3 is 2.73 bits per heavy atom. The van der Waals surface area contributed by atoms with E-state index in [1.165, 1.54) is 5.56 Å². The van der Waals surface area contributed by atoms with Gasteiger partial charge in [-0.05, 0) is 43.4 Å². The lowest BCUT2D eigenvalue weighted by Crippen LogP contribution is -2.44. The predicted octanol–water partition coefficient (Wildman–Crippen LogP) is 3.65. The fourth-order valence-corrected chi connectivity index (χ4v) is 3.81. The van der Waals surface area contributed by atoms with Crippen molar-refractivity contribution < 1.29 is 9.53 Å². The Kier molecular flexibility index (Phi) is 6.89. The van der Waals surface area contributed by atoms with Gasteiger partial charge in [0.2, 0.25) is 5.91 Å². The van der Waals surface area contributed by atoms with E-state index in [0.717, 1.165) is 56.3 Å². The number of aryl methyl sites for hydroxylation is 1. The summed E-state index contributed by atoms with van der Waals surface area (Å²) in [7, 11) is 0. The van der Waals surface area contributed by atoms with Crippen LogP contribution in [0.2, 0.25) is 0 Å². The molecule has 1 N–H and O–H groups in total. The molecular weight excluding hydrogens is 346 g/mol. The summed E-state index contributed by atoms with van der Waals surface area (Å²) in [5, 5.41) is 6.28. The van der Waals surface area contributed by atoms with Crippen LogP contribution in [0.15, 0.2) is 35.8 Å². The van der Waals surface area contributed by atoms with Crippen molar-refractivity contribution >= 4 is 22.4 Å². The molecule has 0 unspecified atom stereocenters. The van der Waals surface area contributed by atoms with Gasteiger partial charge in [0.15, 0.2) is 5.13 Å². The molecule has 140 valence electrons. The second kappa shape index (κ2) is 9.57. The van der Waals surface area contributed by atoms with Crippen LogP contribution in [0.5, 0.6) is 5.75 Å². The summed E-state index contributed by atoms with van der Waals surface area (Å²) < 4.78 is 5.58. The highest BCUT2D eigenvalue weighted by Gasteiger charge is 2.21. The topological polar surface area (TPSA) is 54.5 Å². The average Bonchev–Trinajstić information content (AvgIpc) is 3.21. The first-order chi connectivity index (χ1) is 12.7. The van der Waals surface area contributed by atoms with Crippen molar-refractivity contribution in [2.24, 2.45) is 0 Å². The zero-order chi connectivity index (χ0) is 18.2. The largest absolute Gasteiger partial charge is 0.494 e. The number of anilines is 1. The van der Waals surface area contributed by atoms with E-state index in [2.05, 4.69) is 22.1 Å². The second-order valence-electron chi connectivity index (χ2n) is 6.64. The molecule has 0 aliphatic carbocycles. The minimum absolute atomic E-state index is 0.143. The van der Waals surface area contributed by atoms with Gasteiger partial charge < -0.3 is 15.0 Å². The minimum Gasteiger partial charge on any atom is -0.494 e. The lowest BCUT2D eigenvalue weighted by atomic mass is 10.0. The summed E-state index contributed by atoms with van der Waals surface area (Å²) in [6, 6.07) is 8.34. The van der Waals surface area contributed by atoms with Gasteiger partial charge in [-0.2, -0.15) is 0 Å². The third-order valence-corrected chi connectivity index (χ3v) is 5.42. The number of piperidine rings is 1. The SMILES string of the molecule is CCCOc1ccc(CCC(=O)NC2CCN(c3nccs3)CC2)cc1. The number of amides is 1. The average molecular weight is 374 g/mol. The van der Waals surface area contributed by atoms with Crippen molar-refractivity contribution in [1.82, 2.24) is 10.3 Å². The van der Waals surface area contributed by atoms with Gasteiger partial charge in [-0.3, -0.25) is 4.79 Å². The van der Waals surface area contributed by atoms with Gasteiger partial charge in [-0.25, -0.2) is 4.98 Å². The summed E-state index contributed by atoms with van der Waals surface area (Å²) in [4.78, 5) is 18.9. The van der Waals surface area contributed by atoms with Crippen LogP contribution in [-0.2, 0) is 11.2 Å². The molecule has 1 saturated heterocycles. The molecule has 2 aromatic rings. The molecule has 1 aliphatic heterocycles. The van der Waals surface area contributed by atoms with E-state index in [9.17, 15) is 4.79 Å². The first-order valence-electron chi connectivity index (χ1n) is 9.40. The van der Waals surface area contributed by atoms with E-state index < -0.39 is 0 Å². The van der Waals surface area contributed by atoms with Crippen molar-refractivity contribution in [3.63, 3.8) is 0 Å². The number of carbonyl (C=O) groups excluding carboxylic acids is 1. The highest BCUT2D eigenvalue weighted by atomic mass is 32.1. The van der Waals surface area contributed by atoms with Crippen molar-refractivity contribution in [2.45, 2.75) is 45.1 Å². The summed E-state index contributed by atoms with van der Waals surface area (Å²) in [5.74, 6) is 1.04. The van der Waals surface area contributed by atoms with E-state index in [0.29, 0.717) is 6.42 Å². The van der Waals surface area contributed by atoms with E-state index in [-0.39, 0.29) is 11.9 Å². The number of hydrogen-bond donors (Lipinski definition) is 1. The molecule has 0 radical (unpaired) electrons. The summed E-state index contributed by atoms with van der Waals surface area (Å²) in [6.45, 7) is 4.74. The fourth-order valence-electron chi connectivity index (χ4n) is 3.12. The van der Waals surface area contributed by atoms with Crippen LogP contribution in [0.4, 0.5) is 5.13 Å². The number of nitrogens with one attached hydrogen (secondary N) is 1. The molecule has 6 heteroatoms. The number of carbonyl (C=O) groups is 1. The highest BCUT2D eigenvalue weighted by Crippen LogP contribution is 2.22. The highest BCUT2D eigenvalue weighted by molar-refractivity contribution is 7.13. The Labute approximate surface area is 159 Å². The summed E-state index contributed by atoms with van der Waals surface area (Å²) in [6.07, 6.45) is 6.10. The van der Waals surface area contributed by atoms with Gasteiger partial charge in [0.05, 0.1) is 6.61 Å². The second-order valence-corrected chi connectivity index (χ2v) is 7.51. The first-order valence-corrected chi connectivity index (χ1v) is 10.3. The molecule has 1 aromatic carbocycles. The molecule has 1 aliphatic rings. The normalized spacial score (nSPS) is 15.0. The first kappa shape index (κ1) is 18.7. The Morgan fingerprint density at radius 2 is 2.08 bits per heavy atom. The van der Waals surface area contributed by atoms with Crippen molar-refractivity contribution in [3.8, 4) is 5.75 Å². The molecule has 1 aromatic heterocycles. The fraction of sp³-hybridized carbons (Fsp3) is 0.500. The maximum atomic E-state index is 12.2. The Morgan fingerprint density at radius 1 is 1.31 bits per heavy atom. The van der Waals surface area contributed by atoms with Gasteiger partial charge in [-0.15, -0.1) is 11.3 Å². The molecule has 0 saturated carbocycles. The van der Waals surface area contributed by atoms with Crippen LogP contribution in [0.1, 0.15) is 38.2 Å². The molecule has 0 spiro atoms. The van der Waals surface area contributed by atoms with E-state index in [1.807, 2.05) is 35.8 Å². The zero-order valence-electron chi connectivity index (χ0n) is 15.3. The molecule has 1 amide bonds. The van der Waals surface area contributed by atoms with Gasteiger partial charge in [0.25, 0.3) is 0 Å². The van der Waals surface area contributed by atoms with Gasteiger partial charge in [0.1, 0.15) is 5.75 Å². The number of hydrogen-bond acceptors (Lipinski definition) is 5. The van der Waals surface area contributed by atoms with Crippen LogP contribution in [-0.4, -0.2) is 36.6 Å². The summed E-state index contributed by atoms with van der Waals surface area (Å²) >= 11 is 1.67. The molecule has 0 bridgehead atoms. The van der Waals surface area contributed by atoms with Crippen molar-refractivity contribution in [1.29, 1.82) is 0 Å². The lowest BCUT2D eigenvalue weighted by molar-refractivity contribution is -0.121. The van der Waals surface area contributed by atoms with Gasteiger partial charge >= 0.3 is 0 Å². The molecule has 2 heterocycles. The molecule has 5 nitrogen and oxygen atoms in total. The monoisotopic (exact) mass is 373 g/mol. The molecule has 0 atom stereocenters. The Hall–Kier alpha value is -2.08. The minimum atomic E-state index is 0.143. The van der Waals surface area contributed by atoms with Gasteiger partial charge in [-0.1, -0.05) is 19.1 Å². The number of benzene rings is 1. The third-order valence-electron chi connectivity index (χ3n) is 4.59. The van der Waals surface area contributed by atoms with Crippen molar-refractivity contribution in [2.75, 3.05) is 24.6 Å². The Bertz CT molecular complexity index is 665. The number of thiazole rings is 1. The van der Waals surface area contributed by atoms with Crippen LogP contribution in [0.3, 0.4) is 0 Å². The van der Waals surface area contributed by atoms with E-state index in [1.54, 1.807) is 11.3 Å². The number of aromatic nitrogens is 1. The number of rotatable bonds is 8. The van der Waals surface area contributed by atoms with Crippen LogP contribution < -0.4 is 15.0 Å². The predicted molar refractivity (Wildman–Crippen MR) is 106 cm³/mol. The molecular formula is C20H27N3O2S. The maximum Gasteiger partial charge on any atom is 0.220 e. The zero-order valence-corrected chi connectivity index (χ0v) is 16.1. The maximum absolute atomic E-state index is 12.2. The Balaban J connectivity index is 1.36. The number of nitrogens with zero attached hydrogens (tertiary/aromatic N) is 2. The molecule has 1 fully saturated rings. The van der Waals surface area contributed by atoms with Crippen LogP contribution >= 0.6 is 11.3 Å². The standard InChI is InChI=1S/C20H27N3O2S/c1-2-14-25-18-6-3-16(4-7-18)5-8-19(24)22-17-9-12-23(13-10-17)20-21-11-15-26-20/h3-4,6-7,11,15,17H,2,5,8-10,12-14H2,1H3,(H,22,24). The smallest absolute Gasteiger partial charge is 0.220 e. The lowest BCUT2D eigenvalue weighted by Gasteiger charge is -2.32. The van der Waals surface area contributed by atoms with Gasteiger partial charge in [0, 0.05) is 37.1 Å². The number of ether oxygens (including phenoxy) is 1. The van der Waals surface area contributed by atoms with Crippen LogP contribution in [0, 0.1) is 0 Å². The molecule has 3 rings (SSSR count).